The monoisotopic (exact) mass is 108 g/mol. The lowest BCUT2D eigenvalue weighted by molar-refractivity contribution is 0.695. The van der Waals surface area contributed by atoms with E-state index in [-0.39, 0.29) is 0 Å². The maximum Gasteiger partial charge on any atom is 0.196 e. The van der Waals surface area contributed by atoms with Crippen LogP contribution in [-0.2, 0) is 6.54 Å². The highest BCUT2D eigenvalue weighted by molar-refractivity contribution is 4.66. The molecule has 3 heteroatoms. The first kappa shape index (κ1) is 5.03. The molecular weight excluding hydrogens is 102 g/mol. The third-order valence-corrected chi connectivity index (χ3v) is 0.724. The van der Waals surface area contributed by atoms with Gasteiger partial charge in [-0.2, -0.15) is 5.10 Å². The van der Waals surface area contributed by atoms with E-state index in [1.807, 2.05) is 0 Å². The zero-order valence-electron chi connectivity index (χ0n) is 4.41. The van der Waals surface area contributed by atoms with Gasteiger partial charge < -0.3 is 0 Å². The van der Waals surface area contributed by atoms with E-state index in [2.05, 4.69) is 23.0 Å². The first-order valence-corrected chi connectivity index (χ1v) is 2.30. The molecule has 0 aliphatic heterocycles. The van der Waals surface area contributed by atoms with Gasteiger partial charge in [0.15, 0.2) is 6.33 Å². The number of nitrogens with zero attached hydrogens (tertiary/aromatic N) is 3. The summed E-state index contributed by atoms with van der Waals surface area (Å²) in [6.07, 6.45) is 5.81. The fourth-order valence-corrected chi connectivity index (χ4v) is 0.417. The number of rotatable bonds is 2. The van der Waals surface area contributed by atoms with E-state index in [9.17, 15) is 0 Å². The Kier molecular flexibility index (Phi) is 1.42. The standard InChI is InChI=1S/C5H6N3/c1-2-3-8-5-6-4-7-8/h2,4H,1,3H2. The van der Waals surface area contributed by atoms with Crippen LogP contribution in [0.5, 0.6) is 0 Å². The third kappa shape index (κ3) is 0.932. The van der Waals surface area contributed by atoms with Gasteiger partial charge >= 0.3 is 0 Å². The smallest absolute Gasteiger partial charge is 0.196 e. The number of hydrogen-bond donors (Lipinski definition) is 0. The Hall–Kier alpha value is -1.12. The summed E-state index contributed by atoms with van der Waals surface area (Å²) in [6, 6.07) is 0. The molecule has 1 heterocycles. The minimum atomic E-state index is 0.681. The predicted octanol–water partition coefficient (Wildman–Crippen LogP) is 0.264. The Bertz CT molecular complexity index is 154. The van der Waals surface area contributed by atoms with Crippen molar-refractivity contribution in [2.45, 2.75) is 6.54 Å². The van der Waals surface area contributed by atoms with Crippen LogP contribution >= 0.6 is 0 Å². The number of allylic oxidation sites excluding steroid dienone is 1. The van der Waals surface area contributed by atoms with Gasteiger partial charge in [0.05, 0.1) is 6.54 Å². The zero-order chi connectivity index (χ0) is 5.82. The molecule has 0 saturated carbocycles. The Labute approximate surface area is 47.7 Å². The summed E-state index contributed by atoms with van der Waals surface area (Å²) < 4.78 is 1.58. The van der Waals surface area contributed by atoms with Gasteiger partial charge in [0.1, 0.15) is 6.33 Å². The maximum absolute atomic E-state index is 3.78. The van der Waals surface area contributed by atoms with E-state index in [1.165, 1.54) is 6.33 Å². The van der Waals surface area contributed by atoms with Gasteiger partial charge in [0.25, 0.3) is 0 Å². The maximum atomic E-state index is 3.78. The van der Waals surface area contributed by atoms with Crippen molar-refractivity contribution >= 4 is 0 Å². The number of aromatic nitrogens is 3. The minimum Gasteiger partial charge on any atom is -0.239 e. The molecule has 8 heavy (non-hydrogen) atoms. The van der Waals surface area contributed by atoms with Crippen LogP contribution in [0.4, 0.5) is 0 Å². The summed E-state index contributed by atoms with van der Waals surface area (Å²) in [5, 5.41) is 3.78. The fraction of sp³-hybridized carbons (Fsp3) is 0.200. The Balaban J connectivity index is 2.62. The Morgan fingerprint density at radius 2 is 2.75 bits per heavy atom. The highest BCUT2D eigenvalue weighted by atomic mass is 15.3. The molecule has 0 aliphatic rings. The van der Waals surface area contributed by atoms with Crippen molar-refractivity contribution in [3.8, 4) is 0 Å². The molecule has 1 aromatic heterocycles. The van der Waals surface area contributed by atoms with Crippen LogP contribution in [0.15, 0.2) is 19.0 Å². The molecule has 3 nitrogen and oxygen atoms in total. The SMILES string of the molecule is C=CCn1[c]ncn1. The minimum absolute atomic E-state index is 0.681. The van der Waals surface area contributed by atoms with Crippen LogP contribution in [0, 0.1) is 6.33 Å². The summed E-state index contributed by atoms with van der Waals surface area (Å²) in [7, 11) is 0. The molecule has 0 atom stereocenters. The van der Waals surface area contributed by atoms with Crippen molar-refractivity contribution < 1.29 is 0 Å². The third-order valence-electron chi connectivity index (χ3n) is 0.724. The van der Waals surface area contributed by atoms with E-state index in [4.69, 9.17) is 0 Å². The molecule has 0 N–H and O–H groups in total. The molecule has 1 rings (SSSR count). The second-order valence-corrected chi connectivity index (χ2v) is 1.33. The van der Waals surface area contributed by atoms with Crippen LogP contribution in [0.25, 0.3) is 0 Å². The second-order valence-electron chi connectivity index (χ2n) is 1.33. The quantitative estimate of drug-likeness (QED) is 0.509. The van der Waals surface area contributed by atoms with E-state index in [0.29, 0.717) is 6.54 Å². The fourth-order valence-electron chi connectivity index (χ4n) is 0.417. The summed E-state index contributed by atoms with van der Waals surface area (Å²) in [5.41, 5.74) is 0. The molecule has 1 radical (unpaired) electrons. The van der Waals surface area contributed by atoms with E-state index < -0.39 is 0 Å². The average molecular weight is 108 g/mol. The van der Waals surface area contributed by atoms with Crippen LogP contribution in [0.3, 0.4) is 0 Å². The highest BCUT2D eigenvalue weighted by Crippen LogP contribution is 1.76. The first-order chi connectivity index (χ1) is 3.93. The lowest BCUT2D eigenvalue weighted by atomic mass is 10.6. The van der Waals surface area contributed by atoms with Crippen LogP contribution in [0.1, 0.15) is 0 Å². The highest BCUT2D eigenvalue weighted by Gasteiger charge is 1.82. The van der Waals surface area contributed by atoms with Crippen molar-refractivity contribution in [1.29, 1.82) is 0 Å². The molecule has 0 spiro atoms. The van der Waals surface area contributed by atoms with Gasteiger partial charge in [0, 0.05) is 0 Å². The van der Waals surface area contributed by atoms with Gasteiger partial charge in [-0.3, -0.25) is 0 Å². The van der Waals surface area contributed by atoms with Crippen molar-refractivity contribution in [3.05, 3.63) is 25.3 Å². The van der Waals surface area contributed by atoms with Crippen molar-refractivity contribution in [2.75, 3.05) is 0 Å². The molecule has 0 bridgehead atoms. The Morgan fingerprint density at radius 1 is 1.88 bits per heavy atom. The molecule has 0 unspecified atom stereocenters. The average Bonchev–Trinajstić information content (AvgIpc) is 2.19. The molecule has 0 aromatic carbocycles. The normalized spacial score (nSPS) is 9.00. The zero-order valence-corrected chi connectivity index (χ0v) is 4.41. The molecule has 0 saturated heterocycles. The van der Waals surface area contributed by atoms with E-state index in [1.54, 1.807) is 10.8 Å². The number of hydrogen-bond acceptors (Lipinski definition) is 2. The van der Waals surface area contributed by atoms with Gasteiger partial charge in [-0.1, -0.05) is 6.08 Å². The van der Waals surface area contributed by atoms with Crippen molar-refractivity contribution in [1.82, 2.24) is 14.8 Å². The second kappa shape index (κ2) is 2.26. The van der Waals surface area contributed by atoms with Crippen molar-refractivity contribution in [3.63, 3.8) is 0 Å². The van der Waals surface area contributed by atoms with Gasteiger partial charge in [-0.05, 0) is 0 Å². The lowest BCUT2D eigenvalue weighted by Crippen LogP contribution is -1.93. The molecule has 1 aromatic rings. The summed E-state index contributed by atoms with van der Waals surface area (Å²) in [4.78, 5) is 3.62. The van der Waals surface area contributed by atoms with Gasteiger partial charge in [0.2, 0.25) is 0 Å². The largest absolute Gasteiger partial charge is 0.239 e. The summed E-state index contributed by atoms with van der Waals surface area (Å²) in [5.74, 6) is 0. The molecule has 0 aliphatic carbocycles. The predicted molar refractivity (Wildman–Crippen MR) is 29.1 cm³/mol. The molecule has 41 valence electrons. The van der Waals surface area contributed by atoms with Crippen LogP contribution in [0.2, 0.25) is 0 Å². The van der Waals surface area contributed by atoms with Gasteiger partial charge in [-0.25, -0.2) is 9.67 Å². The molecular formula is C5H6N3. The summed E-state index contributed by atoms with van der Waals surface area (Å²) >= 11 is 0. The Morgan fingerprint density at radius 3 is 3.25 bits per heavy atom. The van der Waals surface area contributed by atoms with Crippen LogP contribution < -0.4 is 0 Å². The van der Waals surface area contributed by atoms with E-state index in [0.717, 1.165) is 0 Å². The topological polar surface area (TPSA) is 30.7 Å². The lowest BCUT2D eigenvalue weighted by Gasteiger charge is -1.86. The molecule has 0 fully saturated rings. The summed E-state index contributed by atoms with van der Waals surface area (Å²) in [6.45, 7) is 4.21. The molecule has 0 amide bonds. The van der Waals surface area contributed by atoms with Crippen molar-refractivity contribution in [2.24, 2.45) is 0 Å². The van der Waals surface area contributed by atoms with Gasteiger partial charge in [-0.15, -0.1) is 6.58 Å². The van der Waals surface area contributed by atoms with E-state index >= 15 is 0 Å². The first-order valence-electron chi connectivity index (χ1n) is 2.30. The van der Waals surface area contributed by atoms with Crippen LogP contribution in [-0.4, -0.2) is 14.8 Å².